The van der Waals surface area contributed by atoms with E-state index in [1.165, 1.54) is 70.6 Å². The molecule has 0 spiro atoms. The molecule has 0 aromatic heterocycles. The van der Waals surface area contributed by atoms with E-state index in [9.17, 15) is 20.1 Å². The Labute approximate surface area is 262 Å². The van der Waals surface area contributed by atoms with Gasteiger partial charge in [-0.3, -0.25) is 4.79 Å². The van der Waals surface area contributed by atoms with Gasteiger partial charge in [0.15, 0.2) is 0 Å². The third-order valence-corrected chi connectivity index (χ3v) is 10.5. The minimum atomic E-state index is -0.839. The number of hydrogen-bond donors (Lipinski definition) is 3. The first-order chi connectivity index (χ1) is 20.3. The van der Waals surface area contributed by atoms with Crippen molar-refractivity contribution in [3.8, 4) is 11.8 Å². The minimum Gasteiger partial charge on any atom is -0.480 e. The summed E-state index contributed by atoms with van der Waals surface area (Å²) in [6.45, 7) is 4.42. The van der Waals surface area contributed by atoms with Crippen LogP contribution in [-0.2, 0) is 4.79 Å². The quantitative estimate of drug-likeness (QED) is 0.0497. The van der Waals surface area contributed by atoms with Crippen LogP contribution in [-0.4, -0.2) is 38.9 Å². The maximum absolute atomic E-state index is 11.7. The molecule has 240 valence electrons. The molecule has 2 rings (SSSR count). The van der Waals surface area contributed by atoms with Crippen molar-refractivity contribution in [2.24, 2.45) is 23.2 Å². The second-order valence-electron chi connectivity index (χ2n) is 13.1. The van der Waals surface area contributed by atoms with E-state index in [4.69, 9.17) is 11.6 Å². The molecule has 2 aliphatic carbocycles. The molecule has 4 nitrogen and oxygen atoms in total. The fourth-order valence-corrected chi connectivity index (χ4v) is 7.25. The zero-order chi connectivity index (χ0) is 30.6. The summed E-state index contributed by atoms with van der Waals surface area (Å²) in [7, 11) is 0. The van der Waals surface area contributed by atoms with E-state index < -0.39 is 18.0 Å². The third-order valence-electron chi connectivity index (χ3n) is 10.0. The highest BCUT2D eigenvalue weighted by atomic mass is 35.5. The van der Waals surface area contributed by atoms with Crippen LogP contribution in [0.25, 0.3) is 0 Å². The number of carboxylic acid groups (broad SMARTS) is 1. The van der Waals surface area contributed by atoms with Crippen molar-refractivity contribution in [2.45, 2.75) is 166 Å². The van der Waals surface area contributed by atoms with Crippen LogP contribution in [0.4, 0.5) is 0 Å². The van der Waals surface area contributed by atoms with Gasteiger partial charge in [0.25, 0.3) is 0 Å². The third kappa shape index (κ3) is 13.2. The lowest BCUT2D eigenvalue weighted by atomic mass is 9.63. The van der Waals surface area contributed by atoms with Gasteiger partial charge in [0.1, 0.15) is 5.92 Å². The van der Waals surface area contributed by atoms with Crippen molar-refractivity contribution in [1.82, 2.24) is 0 Å². The predicted molar refractivity (Wildman–Crippen MR) is 177 cm³/mol. The van der Waals surface area contributed by atoms with Gasteiger partial charge in [0.2, 0.25) is 0 Å². The summed E-state index contributed by atoms with van der Waals surface area (Å²) in [6.07, 6.45) is 30.1. The lowest BCUT2D eigenvalue weighted by Gasteiger charge is -2.45. The summed E-state index contributed by atoms with van der Waals surface area (Å²) in [4.78, 5) is 11.7. The highest BCUT2D eigenvalue weighted by molar-refractivity contribution is 6.21. The molecule has 2 fully saturated rings. The average Bonchev–Trinajstić information content (AvgIpc) is 3.20. The van der Waals surface area contributed by atoms with Gasteiger partial charge in [0.05, 0.1) is 12.2 Å². The molecule has 0 aliphatic heterocycles. The smallest absolute Gasteiger partial charge is 0.318 e. The molecule has 2 aliphatic rings. The zero-order valence-electron chi connectivity index (χ0n) is 26.8. The molecule has 0 radical (unpaired) electrons. The summed E-state index contributed by atoms with van der Waals surface area (Å²) in [6, 6.07) is 0. The number of carbonyl (C=O) groups is 1. The molecule has 42 heavy (non-hydrogen) atoms. The van der Waals surface area contributed by atoms with Crippen LogP contribution in [0, 0.1) is 35.0 Å². The Morgan fingerprint density at radius 3 is 2.19 bits per heavy atom. The van der Waals surface area contributed by atoms with E-state index >= 15 is 0 Å². The number of allylic oxidation sites excluding steroid dienone is 2. The summed E-state index contributed by atoms with van der Waals surface area (Å²) < 4.78 is 0. The number of aliphatic carboxylic acids is 1. The van der Waals surface area contributed by atoms with Gasteiger partial charge >= 0.3 is 5.97 Å². The minimum absolute atomic E-state index is 0.0171. The fourth-order valence-electron chi connectivity index (χ4n) is 6.80. The molecule has 0 aromatic carbocycles. The molecule has 0 amide bonds. The number of alkyl halides is 1. The van der Waals surface area contributed by atoms with Crippen LogP contribution in [0.15, 0.2) is 24.3 Å². The molecule has 5 heteroatoms. The molecule has 0 aromatic rings. The van der Waals surface area contributed by atoms with Crippen molar-refractivity contribution >= 4 is 17.6 Å². The van der Waals surface area contributed by atoms with Gasteiger partial charge in [0, 0.05) is 17.7 Å². The monoisotopic (exact) mass is 604 g/mol. The number of aliphatic hydroxyl groups excluding tert-OH is 2. The lowest BCUT2D eigenvalue weighted by Crippen LogP contribution is -2.40. The van der Waals surface area contributed by atoms with Crippen LogP contribution in [0.1, 0.15) is 149 Å². The Morgan fingerprint density at radius 1 is 0.976 bits per heavy atom. The standard InChI is InChI=1S/C37H61ClO4/c1-3-5-6-7-8-9-10-11-12-13-14-15-17-22-30(36(41)42)23-18-16-19-24-31-32(34(39)29-33(31)38)25-20-26-35(40)37(4-2)27-21-28-37/h16,19-20,25,30-35,39-40H,3-15,18,21,23-24,26-29H2,1-2H3,(H,41,42)/b19-16-,25-20+/t30?,31-,32-,33-,34-,35+/m1/s1. The van der Waals surface area contributed by atoms with Gasteiger partial charge in [-0.05, 0) is 69.1 Å². The molecular weight excluding hydrogens is 544 g/mol. The van der Waals surface area contributed by atoms with Crippen LogP contribution < -0.4 is 0 Å². The van der Waals surface area contributed by atoms with E-state index in [2.05, 4.69) is 37.8 Å². The van der Waals surface area contributed by atoms with Gasteiger partial charge < -0.3 is 15.3 Å². The zero-order valence-corrected chi connectivity index (χ0v) is 27.5. The second kappa shape index (κ2) is 21.4. The first-order valence-electron chi connectivity index (χ1n) is 17.4. The van der Waals surface area contributed by atoms with Gasteiger partial charge in [-0.25, -0.2) is 0 Å². The van der Waals surface area contributed by atoms with Crippen LogP contribution in [0.2, 0.25) is 0 Å². The van der Waals surface area contributed by atoms with E-state index in [0.717, 1.165) is 38.5 Å². The Bertz CT molecular complexity index is 846. The normalized spacial score (nSPS) is 24.9. The van der Waals surface area contributed by atoms with Gasteiger partial charge in [-0.1, -0.05) is 115 Å². The van der Waals surface area contributed by atoms with E-state index in [-0.39, 0.29) is 28.7 Å². The van der Waals surface area contributed by atoms with Crippen LogP contribution >= 0.6 is 11.6 Å². The Kier molecular flexibility index (Phi) is 18.8. The largest absolute Gasteiger partial charge is 0.480 e. The number of carboxylic acids is 1. The number of unbranched alkanes of at least 4 members (excludes halogenated alkanes) is 11. The number of aliphatic hydroxyl groups is 2. The molecule has 1 unspecified atom stereocenters. The summed E-state index contributed by atoms with van der Waals surface area (Å²) in [5.74, 6) is 4.77. The molecular formula is C37H61ClO4. The molecule has 2 saturated carbocycles. The van der Waals surface area contributed by atoms with E-state index in [1.54, 1.807) is 0 Å². The van der Waals surface area contributed by atoms with Crippen molar-refractivity contribution in [1.29, 1.82) is 0 Å². The van der Waals surface area contributed by atoms with Crippen molar-refractivity contribution < 1.29 is 20.1 Å². The molecule has 0 saturated heterocycles. The van der Waals surface area contributed by atoms with Crippen molar-refractivity contribution in [3.63, 3.8) is 0 Å². The molecule has 0 bridgehead atoms. The summed E-state index contributed by atoms with van der Waals surface area (Å²) >= 11 is 6.61. The maximum atomic E-state index is 11.7. The van der Waals surface area contributed by atoms with Gasteiger partial charge in [-0.15, -0.1) is 17.5 Å². The molecule has 6 atom stereocenters. The molecule has 0 heterocycles. The van der Waals surface area contributed by atoms with Crippen LogP contribution in [0.3, 0.4) is 0 Å². The Hall–Kier alpha value is -1.28. The first-order valence-corrected chi connectivity index (χ1v) is 17.8. The van der Waals surface area contributed by atoms with Crippen molar-refractivity contribution in [3.05, 3.63) is 24.3 Å². The molecule has 3 N–H and O–H groups in total. The van der Waals surface area contributed by atoms with E-state index in [0.29, 0.717) is 25.7 Å². The topological polar surface area (TPSA) is 77.8 Å². The first kappa shape index (κ1) is 36.9. The SMILES string of the molecule is CCCCCCCCCCCCCC#CC(CC/C=C\C[C@@H]1[C@@H](/C=C/C[C@H](O)C2(CC)CCC2)[C@H](O)C[C@H]1Cl)C(=O)O. The van der Waals surface area contributed by atoms with Crippen molar-refractivity contribution in [2.75, 3.05) is 0 Å². The maximum Gasteiger partial charge on any atom is 0.318 e. The Morgan fingerprint density at radius 2 is 1.62 bits per heavy atom. The number of halogens is 1. The summed E-state index contributed by atoms with van der Waals surface area (Å²) in [5, 5.41) is 30.8. The fraction of sp³-hybridized carbons (Fsp3) is 0.811. The average molecular weight is 605 g/mol. The number of hydrogen-bond acceptors (Lipinski definition) is 3. The Balaban J connectivity index is 1.65. The van der Waals surface area contributed by atoms with Crippen LogP contribution in [0.5, 0.6) is 0 Å². The van der Waals surface area contributed by atoms with E-state index in [1.807, 2.05) is 12.2 Å². The highest BCUT2D eigenvalue weighted by Crippen LogP contribution is 2.48. The predicted octanol–water partition coefficient (Wildman–Crippen LogP) is 9.61. The second-order valence-corrected chi connectivity index (χ2v) is 13.7. The lowest BCUT2D eigenvalue weighted by molar-refractivity contribution is -0.139. The highest BCUT2D eigenvalue weighted by Gasteiger charge is 2.42. The summed E-state index contributed by atoms with van der Waals surface area (Å²) in [5.41, 5.74) is 0.0840. The van der Waals surface area contributed by atoms with Gasteiger partial charge in [-0.2, -0.15) is 0 Å². The number of rotatable bonds is 22.